The summed E-state index contributed by atoms with van der Waals surface area (Å²) in [5, 5.41) is 3.55. The van der Waals surface area contributed by atoms with Gasteiger partial charge in [-0.1, -0.05) is 6.92 Å². The van der Waals surface area contributed by atoms with Crippen molar-refractivity contribution in [1.82, 2.24) is 10.2 Å². The van der Waals surface area contributed by atoms with E-state index in [-0.39, 0.29) is 5.54 Å². The fourth-order valence-corrected chi connectivity index (χ4v) is 3.35. The Morgan fingerprint density at radius 2 is 2.06 bits per heavy atom. The van der Waals surface area contributed by atoms with E-state index >= 15 is 0 Å². The van der Waals surface area contributed by atoms with Crippen LogP contribution in [0, 0.1) is 5.92 Å². The molecular formula is C15H26N2S. The lowest BCUT2D eigenvalue weighted by molar-refractivity contribution is 0.323. The molecule has 0 aliphatic carbocycles. The van der Waals surface area contributed by atoms with Crippen molar-refractivity contribution in [2.75, 3.05) is 13.1 Å². The van der Waals surface area contributed by atoms with Gasteiger partial charge in [0.15, 0.2) is 0 Å². The van der Waals surface area contributed by atoms with Gasteiger partial charge in [-0.2, -0.15) is 0 Å². The highest BCUT2D eigenvalue weighted by Crippen LogP contribution is 2.22. The molecule has 1 fully saturated rings. The van der Waals surface area contributed by atoms with E-state index in [1.807, 2.05) is 11.3 Å². The Labute approximate surface area is 115 Å². The van der Waals surface area contributed by atoms with Crippen LogP contribution in [0.1, 0.15) is 43.9 Å². The number of rotatable bonds is 4. The smallest absolute Gasteiger partial charge is 0.0328 e. The molecule has 1 aliphatic rings. The molecule has 0 radical (unpaired) electrons. The third kappa shape index (κ3) is 4.38. The van der Waals surface area contributed by atoms with Crippen LogP contribution in [0.2, 0.25) is 0 Å². The first-order chi connectivity index (χ1) is 8.42. The second kappa shape index (κ2) is 5.72. The summed E-state index contributed by atoms with van der Waals surface area (Å²) >= 11 is 1.96. The average molecular weight is 266 g/mol. The first-order valence-electron chi connectivity index (χ1n) is 6.97. The van der Waals surface area contributed by atoms with E-state index in [9.17, 15) is 0 Å². The highest BCUT2D eigenvalue weighted by Gasteiger charge is 2.19. The quantitative estimate of drug-likeness (QED) is 0.897. The molecule has 3 heteroatoms. The second-order valence-electron chi connectivity index (χ2n) is 6.60. The number of nitrogens with zero attached hydrogens (tertiary/aromatic N) is 1. The van der Waals surface area contributed by atoms with Crippen molar-refractivity contribution < 1.29 is 0 Å². The summed E-state index contributed by atoms with van der Waals surface area (Å²) in [7, 11) is 0. The molecule has 2 heterocycles. The van der Waals surface area contributed by atoms with E-state index in [0.29, 0.717) is 0 Å². The van der Waals surface area contributed by atoms with Crippen LogP contribution in [0.3, 0.4) is 0 Å². The van der Waals surface area contributed by atoms with E-state index in [1.54, 1.807) is 0 Å². The molecule has 0 aromatic carbocycles. The third-order valence-corrected chi connectivity index (χ3v) is 4.47. The van der Waals surface area contributed by atoms with Gasteiger partial charge in [0.2, 0.25) is 0 Å². The van der Waals surface area contributed by atoms with Gasteiger partial charge in [-0.15, -0.1) is 11.3 Å². The number of hydrogen-bond acceptors (Lipinski definition) is 3. The average Bonchev–Trinajstić information content (AvgIpc) is 2.85. The first kappa shape index (κ1) is 14.0. The van der Waals surface area contributed by atoms with E-state index in [2.05, 4.69) is 50.0 Å². The zero-order valence-electron chi connectivity index (χ0n) is 12.1. The van der Waals surface area contributed by atoms with Crippen LogP contribution >= 0.6 is 11.3 Å². The largest absolute Gasteiger partial charge is 0.307 e. The van der Waals surface area contributed by atoms with E-state index in [0.717, 1.165) is 19.0 Å². The summed E-state index contributed by atoms with van der Waals surface area (Å²) in [5.74, 6) is 0.881. The van der Waals surface area contributed by atoms with Crippen molar-refractivity contribution >= 4 is 11.3 Å². The predicted molar refractivity (Wildman–Crippen MR) is 80.0 cm³/mol. The fraction of sp³-hybridized carbons (Fsp3) is 0.733. The molecular weight excluding hydrogens is 240 g/mol. The summed E-state index contributed by atoms with van der Waals surface area (Å²) in [6.07, 6.45) is 1.36. The molecule has 1 aliphatic heterocycles. The zero-order chi connectivity index (χ0) is 13.2. The molecule has 1 aromatic heterocycles. The number of likely N-dealkylation sites (tertiary alicyclic amines) is 1. The van der Waals surface area contributed by atoms with Crippen molar-refractivity contribution in [2.24, 2.45) is 5.92 Å². The minimum Gasteiger partial charge on any atom is -0.307 e. The molecule has 0 saturated carbocycles. The van der Waals surface area contributed by atoms with E-state index in [1.165, 1.54) is 29.3 Å². The molecule has 18 heavy (non-hydrogen) atoms. The highest BCUT2D eigenvalue weighted by molar-refractivity contribution is 7.11. The van der Waals surface area contributed by atoms with Crippen molar-refractivity contribution in [3.05, 3.63) is 21.9 Å². The topological polar surface area (TPSA) is 15.3 Å². The summed E-state index contributed by atoms with van der Waals surface area (Å²) in [4.78, 5) is 5.54. The van der Waals surface area contributed by atoms with E-state index < -0.39 is 0 Å². The highest BCUT2D eigenvalue weighted by atomic mass is 32.1. The summed E-state index contributed by atoms with van der Waals surface area (Å²) in [6.45, 7) is 13.7. The maximum atomic E-state index is 3.55. The molecule has 1 saturated heterocycles. The van der Waals surface area contributed by atoms with Crippen molar-refractivity contribution in [3.63, 3.8) is 0 Å². The van der Waals surface area contributed by atoms with Gasteiger partial charge in [0.25, 0.3) is 0 Å². The maximum absolute atomic E-state index is 3.55. The Kier molecular flexibility index (Phi) is 4.46. The van der Waals surface area contributed by atoms with Crippen LogP contribution in [0.4, 0.5) is 0 Å². The Bertz CT molecular complexity index is 378. The number of nitrogens with one attached hydrogen (secondary N) is 1. The molecule has 1 aromatic rings. The lowest BCUT2D eigenvalue weighted by Gasteiger charge is -2.19. The van der Waals surface area contributed by atoms with Crippen molar-refractivity contribution in [1.29, 1.82) is 0 Å². The van der Waals surface area contributed by atoms with Gasteiger partial charge in [-0.3, -0.25) is 4.90 Å². The van der Waals surface area contributed by atoms with Gasteiger partial charge < -0.3 is 5.32 Å². The van der Waals surface area contributed by atoms with Crippen LogP contribution in [0.5, 0.6) is 0 Å². The molecule has 0 amide bonds. The lowest BCUT2D eigenvalue weighted by Crippen LogP contribution is -2.34. The van der Waals surface area contributed by atoms with Crippen LogP contribution in [-0.2, 0) is 13.1 Å². The van der Waals surface area contributed by atoms with E-state index in [4.69, 9.17) is 0 Å². The molecule has 2 nitrogen and oxygen atoms in total. The third-order valence-electron chi connectivity index (χ3n) is 3.40. The zero-order valence-corrected chi connectivity index (χ0v) is 12.9. The molecule has 0 bridgehead atoms. The fourth-order valence-electron chi connectivity index (χ4n) is 2.34. The monoisotopic (exact) mass is 266 g/mol. The molecule has 1 N–H and O–H groups in total. The molecule has 102 valence electrons. The van der Waals surface area contributed by atoms with Gasteiger partial charge in [-0.05, 0) is 51.8 Å². The number of hydrogen-bond donors (Lipinski definition) is 1. The maximum Gasteiger partial charge on any atom is 0.0328 e. The normalized spacial score (nSPS) is 21.7. The number of thiophene rings is 1. The summed E-state index contributed by atoms with van der Waals surface area (Å²) in [6, 6.07) is 4.57. The standard InChI is InChI=1S/C15H26N2S/c1-12-7-8-17(10-12)11-14-6-5-13(18-14)9-16-15(2,3)4/h5-6,12,16H,7-11H2,1-4H3. The summed E-state index contributed by atoms with van der Waals surface area (Å²) < 4.78 is 0. The van der Waals surface area contributed by atoms with Crippen molar-refractivity contribution in [3.8, 4) is 0 Å². The van der Waals surface area contributed by atoms with Crippen LogP contribution in [0.25, 0.3) is 0 Å². The summed E-state index contributed by atoms with van der Waals surface area (Å²) in [5.41, 5.74) is 0.203. The lowest BCUT2D eigenvalue weighted by atomic mass is 10.1. The van der Waals surface area contributed by atoms with Gasteiger partial charge >= 0.3 is 0 Å². The Balaban J connectivity index is 1.82. The van der Waals surface area contributed by atoms with Gasteiger partial charge in [0.1, 0.15) is 0 Å². The first-order valence-corrected chi connectivity index (χ1v) is 7.79. The van der Waals surface area contributed by atoms with Gasteiger partial charge in [-0.25, -0.2) is 0 Å². The minimum atomic E-state index is 0.203. The second-order valence-corrected chi connectivity index (χ2v) is 7.85. The SMILES string of the molecule is CC1CCN(Cc2ccc(CNC(C)(C)C)s2)C1. The van der Waals surface area contributed by atoms with Crippen LogP contribution < -0.4 is 5.32 Å². The van der Waals surface area contributed by atoms with Crippen LogP contribution in [0.15, 0.2) is 12.1 Å². The Morgan fingerprint density at radius 3 is 2.67 bits per heavy atom. The molecule has 2 rings (SSSR count). The molecule has 1 atom stereocenters. The van der Waals surface area contributed by atoms with Gasteiger partial charge in [0, 0.05) is 34.9 Å². The molecule has 1 unspecified atom stereocenters. The minimum absolute atomic E-state index is 0.203. The Morgan fingerprint density at radius 1 is 1.33 bits per heavy atom. The predicted octanol–water partition coefficient (Wildman–Crippen LogP) is 3.48. The van der Waals surface area contributed by atoms with Crippen LogP contribution in [-0.4, -0.2) is 23.5 Å². The van der Waals surface area contributed by atoms with Crippen molar-refractivity contribution in [2.45, 2.75) is 52.7 Å². The Hall–Kier alpha value is -0.380. The van der Waals surface area contributed by atoms with Gasteiger partial charge in [0.05, 0.1) is 0 Å². The molecule has 0 spiro atoms.